The molecule has 1 fully saturated rings. The molecule has 1 saturated heterocycles. The maximum atomic E-state index is 14.0. The number of aliphatic carboxylic acids is 1. The van der Waals surface area contributed by atoms with Gasteiger partial charge in [0, 0.05) is 13.0 Å². The molecule has 2 amide bonds. The number of anilines is 1. The highest BCUT2D eigenvalue weighted by Crippen LogP contribution is 2.28. The predicted molar refractivity (Wildman–Crippen MR) is 98.4 cm³/mol. The third-order valence-electron chi connectivity index (χ3n) is 4.62. The van der Waals surface area contributed by atoms with E-state index in [1.165, 1.54) is 30.2 Å². The van der Waals surface area contributed by atoms with Gasteiger partial charge in [0.15, 0.2) is 6.04 Å². The van der Waals surface area contributed by atoms with Crippen molar-refractivity contribution in [2.24, 2.45) is 5.92 Å². The minimum atomic E-state index is -1.27. The lowest BCUT2D eigenvalue weighted by Gasteiger charge is -2.19. The average molecular weight is 386 g/mol. The van der Waals surface area contributed by atoms with Gasteiger partial charge in [0.1, 0.15) is 11.6 Å². The number of benzene rings is 2. The third-order valence-corrected chi connectivity index (χ3v) is 4.62. The van der Waals surface area contributed by atoms with Gasteiger partial charge in [-0.25, -0.2) is 9.18 Å². The van der Waals surface area contributed by atoms with Gasteiger partial charge in [-0.3, -0.25) is 9.59 Å². The number of amides is 2. The fourth-order valence-electron chi connectivity index (χ4n) is 3.13. The molecule has 0 bridgehead atoms. The topological polar surface area (TPSA) is 95.9 Å². The second-order valence-electron chi connectivity index (χ2n) is 6.41. The van der Waals surface area contributed by atoms with Crippen LogP contribution in [0.4, 0.5) is 10.1 Å². The lowest BCUT2D eigenvalue weighted by atomic mass is 10.0. The molecule has 28 heavy (non-hydrogen) atoms. The fraction of sp³-hybridized carbons (Fsp3) is 0.250. The van der Waals surface area contributed by atoms with Crippen LogP contribution in [0.2, 0.25) is 0 Å². The highest BCUT2D eigenvalue weighted by atomic mass is 19.1. The number of para-hydroxylation sites is 1. The summed E-state index contributed by atoms with van der Waals surface area (Å²) in [6.45, 7) is -0.0133. The van der Waals surface area contributed by atoms with Gasteiger partial charge in [-0.2, -0.15) is 0 Å². The van der Waals surface area contributed by atoms with E-state index in [4.69, 9.17) is 4.74 Å². The molecule has 2 unspecified atom stereocenters. The number of rotatable bonds is 6. The van der Waals surface area contributed by atoms with Crippen LogP contribution in [0.3, 0.4) is 0 Å². The Balaban J connectivity index is 1.73. The van der Waals surface area contributed by atoms with E-state index in [-0.39, 0.29) is 24.6 Å². The molecule has 7 nitrogen and oxygen atoms in total. The predicted octanol–water partition coefficient (Wildman–Crippen LogP) is 2.13. The van der Waals surface area contributed by atoms with E-state index in [0.29, 0.717) is 11.3 Å². The van der Waals surface area contributed by atoms with Gasteiger partial charge in [0.25, 0.3) is 0 Å². The number of ether oxygens (including phenoxy) is 1. The lowest BCUT2D eigenvalue weighted by Crippen LogP contribution is -2.38. The molecular formula is C20H19FN2O5. The van der Waals surface area contributed by atoms with Crippen molar-refractivity contribution >= 4 is 23.5 Å². The molecule has 1 heterocycles. The van der Waals surface area contributed by atoms with Crippen LogP contribution in [0.25, 0.3) is 0 Å². The minimum Gasteiger partial charge on any atom is -0.497 e. The molecule has 146 valence electrons. The fourth-order valence-corrected chi connectivity index (χ4v) is 3.13. The maximum Gasteiger partial charge on any atom is 0.330 e. The van der Waals surface area contributed by atoms with Gasteiger partial charge in [-0.1, -0.05) is 24.3 Å². The van der Waals surface area contributed by atoms with E-state index >= 15 is 0 Å². The van der Waals surface area contributed by atoms with E-state index in [1.54, 1.807) is 30.3 Å². The normalized spacial score (nSPS) is 17.3. The van der Waals surface area contributed by atoms with Crippen LogP contribution < -0.4 is 15.0 Å². The van der Waals surface area contributed by atoms with E-state index in [1.807, 2.05) is 0 Å². The number of carbonyl (C=O) groups excluding carboxylic acids is 2. The number of hydrogen-bond acceptors (Lipinski definition) is 4. The molecule has 0 radical (unpaired) electrons. The van der Waals surface area contributed by atoms with Gasteiger partial charge >= 0.3 is 5.97 Å². The molecule has 3 rings (SSSR count). The average Bonchev–Trinajstić information content (AvgIpc) is 3.08. The molecule has 0 aliphatic carbocycles. The van der Waals surface area contributed by atoms with Gasteiger partial charge in [0.2, 0.25) is 11.8 Å². The molecule has 0 saturated carbocycles. The van der Waals surface area contributed by atoms with E-state index in [9.17, 15) is 23.9 Å². The minimum absolute atomic E-state index is 0.0133. The number of nitrogens with zero attached hydrogens (tertiary/aromatic N) is 1. The summed E-state index contributed by atoms with van der Waals surface area (Å²) in [7, 11) is 1.49. The Morgan fingerprint density at radius 2 is 1.89 bits per heavy atom. The van der Waals surface area contributed by atoms with Gasteiger partial charge in [0.05, 0.1) is 18.7 Å². The smallest absolute Gasteiger partial charge is 0.330 e. The number of nitrogens with one attached hydrogen (secondary N) is 1. The first-order valence-corrected chi connectivity index (χ1v) is 8.62. The van der Waals surface area contributed by atoms with E-state index < -0.39 is 29.7 Å². The van der Waals surface area contributed by atoms with Crippen molar-refractivity contribution in [3.05, 3.63) is 59.9 Å². The van der Waals surface area contributed by atoms with Crippen LogP contribution in [0.5, 0.6) is 5.75 Å². The van der Waals surface area contributed by atoms with E-state index in [0.717, 1.165) is 0 Å². The molecule has 2 atom stereocenters. The van der Waals surface area contributed by atoms with Crippen molar-refractivity contribution in [1.82, 2.24) is 5.32 Å². The maximum absolute atomic E-state index is 14.0. The zero-order valence-electron chi connectivity index (χ0n) is 15.1. The number of carboxylic acids is 1. The largest absolute Gasteiger partial charge is 0.497 e. The lowest BCUT2D eigenvalue weighted by molar-refractivity contribution is -0.142. The highest BCUT2D eigenvalue weighted by Gasteiger charge is 2.37. The summed E-state index contributed by atoms with van der Waals surface area (Å²) >= 11 is 0. The Morgan fingerprint density at radius 3 is 2.50 bits per heavy atom. The Morgan fingerprint density at radius 1 is 1.21 bits per heavy atom. The van der Waals surface area contributed by atoms with Gasteiger partial charge in [-0.15, -0.1) is 0 Å². The molecule has 1 aliphatic heterocycles. The van der Waals surface area contributed by atoms with Gasteiger partial charge < -0.3 is 20.1 Å². The third kappa shape index (κ3) is 3.95. The molecule has 2 aromatic rings. The summed E-state index contributed by atoms with van der Waals surface area (Å²) < 4.78 is 19.0. The van der Waals surface area contributed by atoms with Crippen molar-refractivity contribution in [2.45, 2.75) is 12.5 Å². The molecule has 2 aromatic carbocycles. The summed E-state index contributed by atoms with van der Waals surface area (Å²) in [6.07, 6.45) is -0.116. The first-order valence-electron chi connectivity index (χ1n) is 8.62. The van der Waals surface area contributed by atoms with Crippen LogP contribution in [-0.2, 0) is 14.4 Å². The summed E-state index contributed by atoms with van der Waals surface area (Å²) in [5.74, 6) is -2.96. The second-order valence-corrected chi connectivity index (χ2v) is 6.41. The number of carbonyl (C=O) groups is 3. The summed E-state index contributed by atoms with van der Waals surface area (Å²) in [5.41, 5.74) is 0.477. The van der Waals surface area contributed by atoms with Crippen molar-refractivity contribution in [3.63, 3.8) is 0 Å². The Hall–Kier alpha value is -3.42. The summed E-state index contributed by atoms with van der Waals surface area (Å²) in [5, 5.41) is 12.0. The van der Waals surface area contributed by atoms with Crippen molar-refractivity contribution in [1.29, 1.82) is 0 Å². The van der Waals surface area contributed by atoms with Gasteiger partial charge in [-0.05, 0) is 29.8 Å². The molecule has 1 aliphatic rings. The highest BCUT2D eigenvalue weighted by molar-refractivity contribution is 6.01. The number of carboxylic acid groups (broad SMARTS) is 1. The Kier molecular flexibility index (Phi) is 5.58. The molecule has 0 spiro atoms. The monoisotopic (exact) mass is 386 g/mol. The van der Waals surface area contributed by atoms with Crippen LogP contribution in [0, 0.1) is 11.7 Å². The van der Waals surface area contributed by atoms with Crippen molar-refractivity contribution < 1.29 is 28.6 Å². The summed E-state index contributed by atoms with van der Waals surface area (Å²) in [6, 6.07) is 10.8. The zero-order valence-corrected chi connectivity index (χ0v) is 15.1. The van der Waals surface area contributed by atoms with Crippen LogP contribution in [-0.4, -0.2) is 36.5 Å². The first-order chi connectivity index (χ1) is 13.4. The standard InChI is InChI=1S/C20H19FN2O5/c1-28-14-8-6-12(7-9-14)18(20(26)27)22-19(25)13-10-17(24)23(11-13)16-5-3-2-4-15(16)21/h2-9,13,18H,10-11H2,1H3,(H,22,25)(H,26,27). The van der Waals surface area contributed by atoms with Crippen molar-refractivity contribution in [3.8, 4) is 5.75 Å². The first kappa shape index (κ1) is 19.3. The Labute approximate surface area is 160 Å². The van der Waals surface area contributed by atoms with E-state index in [2.05, 4.69) is 5.32 Å². The zero-order chi connectivity index (χ0) is 20.3. The number of halogens is 1. The molecular weight excluding hydrogens is 367 g/mol. The van der Waals surface area contributed by atoms with Crippen LogP contribution >= 0.6 is 0 Å². The quantitative estimate of drug-likeness (QED) is 0.793. The van der Waals surface area contributed by atoms with Crippen LogP contribution in [0.15, 0.2) is 48.5 Å². The molecule has 8 heteroatoms. The number of hydrogen-bond donors (Lipinski definition) is 2. The molecule has 2 N–H and O–H groups in total. The second kappa shape index (κ2) is 8.08. The van der Waals surface area contributed by atoms with Crippen LogP contribution in [0.1, 0.15) is 18.0 Å². The Bertz CT molecular complexity index is 900. The summed E-state index contributed by atoms with van der Waals surface area (Å²) in [4.78, 5) is 37.7. The molecule has 0 aromatic heterocycles. The van der Waals surface area contributed by atoms with Crippen molar-refractivity contribution in [2.75, 3.05) is 18.6 Å². The number of methoxy groups -OCH3 is 1. The SMILES string of the molecule is COc1ccc(C(NC(=O)C2CC(=O)N(c3ccccc3F)C2)C(=O)O)cc1.